The second-order valence-corrected chi connectivity index (χ2v) is 10.3. The number of aromatic hydroxyl groups is 1. The Morgan fingerprint density at radius 3 is 2.37 bits per heavy atom. The summed E-state index contributed by atoms with van der Waals surface area (Å²) in [5.74, 6) is -13.8. The van der Waals surface area contributed by atoms with E-state index in [9.17, 15) is 39.3 Å². The summed E-state index contributed by atoms with van der Waals surface area (Å²) in [5, 5.41) is 34.0. The zero-order chi connectivity index (χ0) is 27.8. The molecule has 0 aromatic heterocycles. The van der Waals surface area contributed by atoms with Gasteiger partial charge in [-0.25, -0.2) is 0 Å². The van der Waals surface area contributed by atoms with Gasteiger partial charge in [0.05, 0.1) is 29.5 Å². The molecule has 4 aliphatic rings. The minimum Gasteiger partial charge on any atom is -0.507 e. The number of amides is 1. The number of ketones is 4. The Labute approximate surface area is 216 Å². The summed E-state index contributed by atoms with van der Waals surface area (Å²) < 4.78 is 10.7. The first-order valence-corrected chi connectivity index (χ1v) is 11.9. The van der Waals surface area contributed by atoms with Gasteiger partial charge in [-0.1, -0.05) is 6.92 Å². The van der Waals surface area contributed by atoms with Gasteiger partial charge in [-0.2, -0.15) is 0 Å². The van der Waals surface area contributed by atoms with Crippen molar-refractivity contribution in [1.29, 1.82) is 0 Å². The van der Waals surface area contributed by atoms with E-state index in [-0.39, 0.29) is 16.9 Å². The molecular weight excluding hydrogens is 500 g/mol. The second kappa shape index (κ2) is 8.58. The van der Waals surface area contributed by atoms with E-state index in [4.69, 9.17) is 15.2 Å². The van der Waals surface area contributed by atoms with Gasteiger partial charge in [0.1, 0.15) is 24.5 Å². The highest BCUT2D eigenvalue weighted by atomic mass is 16.5. The second-order valence-electron chi connectivity index (χ2n) is 10.3. The van der Waals surface area contributed by atoms with Crippen LogP contribution in [-0.2, 0) is 28.7 Å². The Kier molecular flexibility index (Phi) is 5.82. The Morgan fingerprint density at radius 1 is 1.11 bits per heavy atom. The molecule has 0 bridgehead atoms. The summed E-state index contributed by atoms with van der Waals surface area (Å²) in [6.07, 6.45) is 2.10. The number of benzene rings is 1. The fourth-order valence-electron chi connectivity index (χ4n) is 6.67. The first kappa shape index (κ1) is 25.8. The lowest BCUT2D eigenvalue weighted by molar-refractivity contribution is -0.196. The van der Waals surface area contributed by atoms with Crippen molar-refractivity contribution in [1.82, 2.24) is 4.90 Å². The van der Waals surface area contributed by atoms with E-state index < -0.39 is 82.1 Å². The summed E-state index contributed by atoms with van der Waals surface area (Å²) in [7, 11) is 2.86. The summed E-state index contributed by atoms with van der Waals surface area (Å²) in [4.78, 5) is 67.8. The van der Waals surface area contributed by atoms with E-state index in [2.05, 4.69) is 0 Å². The van der Waals surface area contributed by atoms with Crippen LogP contribution in [0.5, 0.6) is 5.75 Å². The van der Waals surface area contributed by atoms with Crippen molar-refractivity contribution in [2.45, 2.75) is 30.6 Å². The molecule has 38 heavy (non-hydrogen) atoms. The van der Waals surface area contributed by atoms with Crippen molar-refractivity contribution < 1.29 is 48.8 Å². The summed E-state index contributed by atoms with van der Waals surface area (Å²) in [6.45, 7) is 1.62. The number of nitrogens with zero attached hydrogens (tertiary/aromatic N) is 1. The number of carbonyl (C=O) groups is 5. The van der Waals surface area contributed by atoms with E-state index in [1.165, 1.54) is 49.9 Å². The van der Waals surface area contributed by atoms with Crippen molar-refractivity contribution in [2.75, 3.05) is 14.1 Å². The summed E-state index contributed by atoms with van der Waals surface area (Å²) >= 11 is 0. The number of phenols is 1. The van der Waals surface area contributed by atoms with Gasteiger partial charge in [0.15, 0.2) is 40.4 Å². The molecule has 3 aliphatic carbocycles. The number of nitrogens with two attached hydrogens (primary N) is 1. The molecule has 1 amide bonds. The normalized spacial score (nSPS) is 36.1. The lowest BCUT2D eigenvalue weighted by Gasteiger charge is -2.56. The van der Waals surface area contributed by atoms with Crippen LogP contribution in [0.15, 0.2) is 30.9 Å². The number of fused-ring (bicyclic) bond motifs is 3. The average molecular weight is 526 g/mol. The van der Waals surface area contributed by atoms with Crippen molar-refractivity contribution in [3.63, 3.8) is 0 Å². The molecule has 5 rings (SSSR count). The number of hydrogen-bond acceptors (Lipinski definition) is 11. The van der Waals surface area contributed by atoms with Crippen LogP contribution < -0.4 is 5.73 Å². The van der Waals surface area contributed by atoms with Crippen LogP contribution in [0.25, 0.3) is 5.76 Å². The summed E-state index contributed by atoms with van der Waals surface area (Å²) in [5.41, 5.74) is 2.66. The average Bonchev–Trinajstić information content (AvgIpc) is 2.86. The van der Waals surface area contributed by atoms with E-state index in [1.54, 1.807) is 6.92 Å². The van der Waals surface area contributed by atoms with Gasteiger partial charge in [-0.15, -0.1) is 0 Å². The Bertz CT molecular complexity index is 1360. The van der Waals surface area contributed by atoms with E-state index in [0.717, 1.165) is 0 Å². The van der Waals surface area contributed by atoms with Crippen LogP contribution in [0.1, 0.15) is 34.3 Å². The largest absolute Gasteiger partial charge is 0.507 e. The number of hydrogen-bond donors (Lipinski definition) is 4. The lowest BCUT2D eigenvalue weighted by atomic mass is 9.49. The third kappa shape index (κ3) is 3.17. The van der Waals surface area contributed by atoms with Crippen LogP contribution in [0.3, 0.4) is 0 Å². The van der Waals surface area contributed by atoms with Gasteiger partial charge in [0, 0.05) is 11.5 Å². The number of aliphatic hydroxyl groups excluding tert-OH is 1. The number of aliphatic hydroxyl groups is 2. The monoisotopic (exact) mass is 526 g/mol. The van der Waals surface area contributed by atoms with Crippen LogP contribution >= 0.6 is 0 Å². The van der Waals surface area contributed by atoms with Gasteiger partial charge in [0.25, 0.3) is 0 Å². The molecule has 0 saturated heterocycles. The fourth-order valence-corrected chi connectivity index (χ4v) is 6.67. The summed E-state index contributed by atoms with van der Waals surface area (Å²) in [6, 6.07) is 1.29. The SMILES string of the molecule is C[C@@H]1c2c(C3=COC=CO3)ccc(O)c2C(=O)C2C(=O)[C@@]3(O)C(=O)C(C(N)=O)C(=O)[C@H](N(C)C)[C@H]3[C@H](O)[C@H]21. The maximum atomic E-state index is 13.9. The van der Waals surface area contributed by atoms with Crippen molar-refractivity contribution >= 4 is 34.8 Å². The number of likely N-dealkylation sites (N-methyl/N-ethyl adjacent to an activating group) is 1. The van der Waals surface area contributed by atoms with Crippen LogP contribution in [0.2, 0.25) is 0 Å². The van der Waals surface area contributed by atoms with Crippen molar-refractivity contribution in [3.05, 3.63) is 47.6 Å². The number of primary amides is 1. The molecule has 2 fully saturated rings. The van der Waals surface area contributed by atoms with Crippen molar-refractivity contribution in [2.24, 2.45) is 29.4 Å². The quantitative estimate of drug-likeness (QED) is 0.361. The predicted octanol–water partition coefficient (Wildman–Crippen LogP) is -0.785. The van der Waals surface area contributed by atoms with Gasteiger partial charge in [-0.3, -0.25) is 28.9 Å². The van der Waals surface area contributed by atoms with E-state index in [0.29, 0.717) is 5.56 Å². The smallest absolute Gasteiger partial charge is 0.235 e. The molecule has 12 nitrogen and oxygen atoms in total. The van der Waals surface area contributed by atoms with Crippen LogP contribution in [0.4, 0.5) is 0 Å². The van der Waals surface area contributed by atoms with Gasteiger partial charge >= 0.3 is 0 Å². The molecule has 8 atom stereocenters. The molecule has 2 unspecified atom stereocenters. The van der Waals surface area contributed by atoms with Gasteiger partial charge in [0.2, 0.25) is 5.91 Å². The van der Waals surface area contributed by atoms with Gasteiger partial charge in [-0.05, 0) is 37.7 Å². The zero-order valence-electron chi connectivity index (χ0n) is 20.7. The molecule has 1 aliphatic heterocycles. The van der Waals surface area contributed by atoms with Gasteiger partial charge < -0.3 is 30.5 Å². The molecule has 1 aromatic carbocycles. The first-order valence-electron chi connectivity index (χ1n) is 11.9. The Hall–Kier alpha value is -3.87. The lowest BCUT2D eigenvalue weighted by Crippen LogP contribution is -2.77. The molecule has 0 spiro atoms. The molecule has 2 saturated carbocycles. The van der Waals surface area contributed by atoms with E-state index in [1.807, 2.05) is 0 Å². The van der Waals surface area contributed by atoms with Crippen LogP contribution in [-0.4, -0.2) is 81.1 Å². The number of rotatable bonds is 3. The molecule has 0 radical (unpaired) electrons. The highest BCUT2D eigenvalue weighted by Gasteiger charge is 2.73. The Balaban J connectivity index is 1.73. The van der Waals surface area contributed by atoms with Crippen LogP contribution in [0, 0.1) is 23.7 Å². The number of ether oxygens (including phenoxy) is 2. The maximum absolute atomic E-state index is 13.9. The minimum atomic E-state index is -3.04. The first-order chi connectivity index (χ1) is 17.8. The molecule has 1 aromatic rings. The molecular formula is C26H26N2O10. The third-order valence-electron chi connectivity index (χ3n) is 8.24. The van der Waals surface area contributed by atoms with E-state index >= 15 is 0 Å². The highest BCUT2D eigenvalue weighted by Crippen LogP contribution is 2.55. The van der Waals surface area contributed by atoms with Crippen molar-refractivity contribution in [3.8, 4) is 5.75 Å². The fraction of sp³-hybridized carbons (Fsp3) is 0.423. The standard InChI is InChI=1S/C26H26N2O10/c1-9-13-10(12-8-37-6-7-38-12)4-5-11(29)15(13)20(30)16-14(9)21(31)18-19(28(2)3)22(32)17(25(27)35)24(34)26(18,36)23(16)33/h4-9,14,16-19,21,29,31,36H,1-3H3,(H2,27,35)/t9-,14+,16?,17?,18+,19-,21-,26-/m1/s1. The molecule has 200 valence electrons. The number of carbonyl (C=O) groups excluding carboxylic acids is 5. The Morgan fingerprint density at radius 2 is 1.79 bits per heavy atom. The molecule has 12 heteroatoms. The number of phenolic OH excluding ortho intramolecular Hbond substituents is 1. The highest BCUT2D eigenvalue weighted by molar-refractivity contribution is 6.32. The zero-order valence-corrected chi connectivity index (χ0v) is 20.7. The third-order valence-corrected chi connectivity index (χ3v) is 8.24. The topological polar surface area (TPSA) is 194 Å². The molecule has 1 heterocycles. The maximum Gasteiger partial charge on any atom is 0.235 e. The predicted molar refractivity (Wildman–Crippen MR) is 127 cm³/mol. The number of Topliss-reactive ketones (excluding diaryl/α,β-unsaturated/α-hetero) is 4. The minimum absolute atomic E-state index is 0.202. The molecule has 5 N–H and O–H groups in total.